The van der Waals surface area contributed by atoms with E-state index in [4.69, 9.17) is 0 Å². The molecule has 0 fully saturated rings. The maximum Gasteiger partial charge on any atom is 0.115 e. The summed E-state index contributed by atoms with van der Waals surface area (Å²) in [6.07, 6.45) is -0.583. The van der Waals surface area contributed by atoms with Crippen molar-refractivity contribution < 1.29 is 10.2 Å². The van der Waals surface area contributed by atoms with E-state index in [-0.39, 0.29) is 11.8 Å². The second-order valence-corrected chi connectivity index (χ2v) is 5.73. The van der Waals surface area contributed by atoms with Gasteiger partial charge in [0.05, 0.1) is 6.10 Å². The number of aliphatic hydroxyl groups excluding tert-OH is 1. The summed E-state index contributed by atoms with van der Waals surface area (Å²) >= 11 is 1.72. The number of aliphatic hydroxyl groups is 1. The molecule has 19 heavy (non-hydrogen) atoms. The number of aryl methyl sites for hydroxylation is 1. The summed E-state index contributed by atoms with van der Waals surface area (Å²) in [4.78, 5) is 1.30. The molecule has 0 unspecified atom stereocenters. The normalized spacial score (nSPS) is 14.3. The van der Waals surface area contributed by atoms with Gasteiger partial charge in [0, 0.05) is 17.5 Å². The highest BCUT2D eigenvalue weighted by molar-refractivity contribution is 7.10. The molecule has 0 saturated heterocycles. The number of aromatic hydroxyl groups is 1. The van der Waals surface area contributed by atoms with Crippen LogP contribution in [-0.2, 0) is 6.54 Å². The molecule has 0 aliphatic carbocycles. The van der Waals surface area contributed by atoms with Gasteiger partial charge in [0.25, 0.3) is 0 Å². The molecule has 0 spiro atoms. The van der Waals surface area contributed by atoms with Gasteiger partial charge in [0.1, 0.15) is 5.75 Å². The number of benzene rings is 1. The molecule has 0 aliphatic rings. The number of phenolic OH excluding ortho intramolecular Hbond substituents is 1. The summed E-state index contributed by atoms with van der Waals surface area (Å²) < 4.78 is 0. The van der Waals surface area contributed by atoms with Crippen molar-refractivity contribution in [2.45, 2.75) is 32.5 Å². The maximum absolute atomic E-state index is 10.2. The zero-order chi connectivity index (χ0) is 13.8. The molecule has 2 aromatic rings. The highest BCUT2D eigenvalue weighted by Gasteiger charge is 2.16. The summed E-state index contributed by atoms with van der Waals surface area (Å²) in [7, 11) is 0. The van der Waals surface area contributed by atoms with Crippen LogP contribution >= 0.6 is 11.3 Å². The molecule has 3 nitrogen and oxygen atoms in total. The Labute approximate surface area is 117 Å². The number of nitrogens with one attached hydrogen (secondary N) is 1. The van der Waals surface area contributed by atoms with Gasteiger partial charge < -0.3 is 15.5 Å². The summed E-state index contributed by atoms with van der Waals surface area (Å²) in [5.41, 5.74) is 2.09. The topological polar surface area (TPSA) is 52.5 Å². The van der Waals surface area contributed by atoms with E-state index >= 15 is 0 Å². The zero-order valence-corrected chi connectivity index (χ0v) is 11.9. The van der Waals surface area contributed by atoms with E-state index in [1.54, 1.807) is 35.6 Å². The lowest BCUT2D eigenvalue weighted by Gasteiger charge is -2.20. The Kier molecular flexibility index (Phi) is 4.58. The van der Waals surface area contributed by atoms with Gasteiger partial charge in [0.15, 0.2) is 0 Å². The lowest BCUT2D eigenvalue weighted by atomic mass is 10.0. The SMILES string of the molecule is Cc1ccsc1CN[C@H](C)[C@@H](O)c1ccc(O)cc1. The van der Waals surface area contributed by atoms with Crippen molar-refractivity contribution in [3.05, 3.63) is 51.7 Å². The molecule has 3 N–H and O–H groups in total. The zero-order valence-electron chi connectivity index (χ0n) is 11.1. The molecule has 1 aromatic heterocycles. The van der Waals surface area contributed by atoms with E-state index in [2.05, 4.69) is 23.7 Å². The first-order valence-corrected chi connectivity index (χ1v) is 7.19. The summed E-state index contributed by atoms with van der Waals surface area (Å²) in [5.74, 6) is 0.214. The Balaban J connectivity index is 1.94. The van der Waals surface area contributed by atoms with Crippen LogP contribution < -0.4 is 5.32 Å². The average molecular weight is 277 g/mol. The third-order valence-corrected chi connectivity index (χ3v) is 4.28. The summed E-state index contributed by atoms with van der Waals surface area (Å²) in [5, 5.41) is 24.9. The fraction of sp³-hybridized carbons (Fsp3) is 0.333. The van der Waals surface area contributed by atoms with Gasteiger partial charge >= 0.3 is 0 Å². The largest absolute Gasteiger partial charge is 0.508 e. The minimum absolute atomic E-state index is 0.0500. The Morgan fingerprint density at radius 1 is 1.21 bits per heavy atom. The Hall–Kier alpha value is -1.36. The second kappa shape index (κ2) is 6.19. The van der Waals surface area contributed by atoms with Crippen LogP contribution in [0.25, 0.3) is 0 Å². The molecule has 1 heterocycles. The van der Waals surface area contributed by atoms with Crippen molar-refractivity contribution in [2.75, 3.05) is 0 Å². The van der Waals surface area contributed by atoms with E-state index in [1.165, 1.54) is 10.4 Å². The van der Waals surface area contributed by atoms with Gasteiger partial charge in [-0.05, 0) is 48.6 Å². The van der Waals surface area contributed by atoms with Crippen LogP contribution in [0.5, 0.6) is 5.75 Å². The highest BCUT2D eigenvalue weighted by Crippen LogP contribution is 2.21. The minimum atomic E-state index is -0.583. The third kappa shape index (κ3) is 3.56. The highest BCUT2D eigenvalue weighted by atomic mass is 32.1. The average Bonchev–Trinajstić information content (AvgIpc) is 2.81. The molecule has 0 saturated carbocycles. The Morgan fingerprint density at radius 3 is 2.47 bits per heavy atom. The van der Waals surface area contributed by atoms with E-state index in [9.17, 15) is 10.2 Å². The van der Waals surface area contributed by atoms with Crippen LogP contribution in [0.1, 0.15) is 29.0 Å². The fourth-order valence-corrected chi connectivity index (χ4v) is 2.77. The van der Waals surface area contributed by atoms with Crippen LogP contribution in [0.4, 0.5) is 0 Å². The number of rotatable bonds is 5. The van der Waals surface area contributed by atoms with Crippen LogP contribution in [0.3, 0.4) is 0 Å². The van der Waals surface area contributed by atoms with Gasteiger partial charge in [-0.2, -0.15) is 0 Å². The van der Waals surface area contributed by atoms with Gasteiger partial charge in [-0.25, -0.2) is 0 Å². The molecule has 102 valence electrons. The van der Waals surface area contributed by atoms with Gasteiger partial charge in [0.2, 0.25) is 0 Å². The quantitative estimate of drug-likeness (QED) is 0.787. The van der Waals surface area contributed by atoms with Crippen LogP contribution in [0, 0.1) is 6.92 Å². The van der Waals surface area contributed by atoms with Crippen molar-refractivity contribution in [1.29, 1.82) is 0 Å². The smallest absolute Gasteiger partial charge is 0.115 e. The molecule has 4 heteroatoms. The predicted molar refractivity (Wildman–Crippen MR) is 78.4 cm³/mol. The monoisotopic (exact) mass is 277 g/mol. The van der Waals surface area contributed by atoms with Crippen molar-refractivity contribution in [3.8, 4) is 5.75 Å². The number of phenols is 1. The maximum atomic E-state index is 10.2. The number of hydrogen-bond donors (Lipinski definition) is 3. The van der Waals surface area contributed by atoms with E-state index < -0.39 is 6.10 Å². The molecule has 1 aromatic carbocycles. The standard InChI is InChI=1S/C15H19NO2S/c1-10-7-8-19-14(10)9-16-11(2)15(18)12-3-5-13(17)6-4-12/h3-8,11,15-18H,9H2,1-2H3/t11-,15-/m1/s1. The van der Waals surface area contributed by atoms with E-state index in [0.29, 0.717) is 0 Å². The third-order valence-electron chi connectivity index (χ3n) is 3.26. The predicted octanol–water partition coefficient (Wildman–Crippen LogP) is 2.97. The molecule has 0 bridgehead atoms. The lowest BCUT2D eigenvalue weighted by Crippen LogP contribution is -2.31. The molecule has 0 aliphatic heterocycles. The molecule has 2 rings (SSSR count). The van der Waals surface area contributed by atoms with E-state index in [0.717, 1.165) is 12.1 Å². The second-order valence-electron chi connectivity index (χ2n) is 4.73. The molecular weight excluding hydrogens is 258 g/mol. The van der Waals surface area contributed by atoms with Gasteiger partial charge in [-0.15, -0.1) is 11.3 Å². The van der Waals surface area contributed by atoms with Crippen molar-refractivity contribution in [1.82, 2.24) is 5.32 Å². The summed E-state index contributed by atoms with van der Waals surface area (Å²) in [6.45, 7) is 4.81. The number of hydrogen-bond acceptors (Lipinski definition) is 4. The molecule has 0 amide bonds. The van der Waals surface area contributed by atoms with Crippen LogP contribution in [0.2, 0.25) is 0 Å². The Morgan fingerprint density at radius 2 is 1.89 bits per heavy atom. The van der Waals surface area contributed by atoms with Gasteiger partial charge in [-0.3, -0.25) is 0 Å². The first-order chi connectivity index (χ1) is 9.08. The lowest BCUT2D eigenvalue weighted by molar-refractivity contribution is 0.135. The van der Waals surface area contributed by atoms with E-state index in [1.807, 2.05) is 6.92 Å². The van der Waals surface area contributed by atoms with Crippen LogP contribution in [-0.4, -0.2) is 16.3 Å². The van der Waals surface area contributed by atoms with Crippen molar-refractivity contribution >= 4 is 11.3 Å². The molecular formula is C15H19NO2S. The molecule has 2 atom stereocenters. The minimum Gasteiger partial charge on any atom is -0.508 e. The van der Waals surface area contributed by atoms with Crippen molar-refractivity contribution in [3.63, 3.8) is 0 Å². The molecule has 0 radical (unpaired) electrons. The Bertz CT molecular complexity index is 521. The fourth-order valence-electron chi connectivity index (χ4n) is 1.91. The number of thiophene rings is 1. The first kappa shape index (κ1) is 14.1. The first-order valence-electron chi connectivity index (χ1n) is 6.31. The van der Waals surface area contributed by atoms with Crippen molar-refractivity contribution in [2.24, 2.45) is 0 Å². The summed E-state index contributed by atoms with van der Waals surface area (Å²) in [6, 6.07) is 8.72. The van der Waals surface area contributed by atoms with Crippen LogP contribution in [0.15, 0.2) is 35.7 Å². The van der Waals surface area contributed by atoms with Gasteiger partial charge in [-0.1, -0.05) is 12.1 Å².